The molecule has 34 heavy (non-hydrogen) atoms. The number of likely N-dealkylation sites (tertiary alicyclic amines) is 1. The number of halogens is 1. The third-order valence-electron chi connectivity index (χ3n) is 6.71. The molecule has 0 saturated carbocycles. The standard InChI is InChI=1S/C29H35ClN2O2/c1-21(2)14-17-31-18-15-24(16-19-31)32(29(33)23-10-8-22(3)9-11-23)20-25-12-13-28(34-25)26-6-4-5-7-27(26)30/h4-13,21,24H,14-20H2,1-3H3. The molecule has 0 radical (unpaired) electrons. The minimum Gasteiger partial charge on any atom is -0.459 e. The van der Waals surface area contributed by atoms with Crippen molar-refractivity contribution < 1.29 is 9.21 Å². The summed E-state index contributed by atoms with van der Waals surface area (Å²) in [5, 5.41) is 0.657. The molecule has 4 nitrogen and oxygen atoms in total. The van der Waals surface area contributed by atoms with Crippen LogP contribution >= 0.6 is 11.6 Å². The quantitative estimate of drug-likeness (QED) is 0.347. The molecule has 2 aromatic carbocycles. The van der Waals surface area contributed by atoms with E-state index in [-0.39, 0.29) is 11.9 Å². The van der Waals surface area contributed by atoms with Gasteiger partial charge in [-0.1, -0.05) is 55.3 Å². The molecule has 0 aliphatic carbocycles. The zero-order valence-electron chi connectivity index (χ0n) is 20.5. The smallest absolute Gasteiger partial charge is 0.254 e. The zero-order chi connectivity index (χ0) is 24.1. The maximum atomic E-state index is 13.6. The number of nitrogens with zero attached hydrogens (tertiary/aromatic N) is 2. The van der Waals surface area contributed by atoms with Gasteiger partial charge in [-0.25, -0.2) is 0 Å². The number of hydrogen-bond acceptors (Lipinski definition) is 3. The Morgan fingerprint density at radius 3 is 2.44 bits per heavy atom. The molecule has 1 aromatic heterocycles. The predicted molar refractivity (Wildman–Crippen MR) is 139 cm³/mol. The molecular formula is C29H35ClN2O2. The lowest BCUT2D eigenvalue weighted by Gasteiger charge is -2.38. The molecule has 180 valence electrons. The fraction of sp³-hybridized carbons (Fsp3) is 0.414. The molecule has 1 aliphatic heterocycles. The monoisotopic (exact) mass is 478 g/mol. The normalized spacial score (nSPS) is 15.1. The highest BCUT2D eigenvalue weighted by Gasteiger charge is 2.29. The zero-order valence-corrected chi connectivity index (χ0v) is 21.2. The number of furan rings is 1. The molecule has 1 saturated heterocycles. The number of aryl methyl sites for hydroxylation is 1. The van der Waals surface area contributed by atoms with E-state index in [1.165, 1.54) is 6.42 Å². The molecule has 3 aromatic rings. The van der Waals surface area contributed by atoms with E-state index < -0.39 is 0 Å². The van der Waals surface area contributed by atoms with Crippen LogP contribution in [-0.2, 0) is 6.54 Å². The lowest BCUT2D eigenvalue weighted by molar-refractivity contribution is 0.0527. The lowest BCUT2D eigenvalue weighted by Crippen LogP contribution is -2.47. The first-order chi connectivity index (χ1) is 16.4. The van der Waals surface area contributed by atoms with Crippen LogP contribution in [0.3, 0.4) is 0 Å². The van der Waals surface area contributed by atoms with Gasteiger partial charge in [0, 0.05) is 30.3 Å². The second kappa shape index (κ2) is 11.2. The van der Waals surface area contributed by atoms with Gasteiger partial charge >= 0.3 is 0 Å². The van der Waals surface area contributed by atoms with Gasteiger partial charge in [-0.3, -0.25) is 4.79 Å². The topological polar surface area (TPSA) is 36.7 Å². The first-order valence-electron chi connectivity index (χ1n) is 12.3. The number of piperidine rings is 1. The Kier molecular flexibility index (Phi) is 8.12. The molecule has 1 aliphatic rings. The Balaban J connectivity index is 1.52. The first kappa shape index (κ1) is 24.6. The van der Waals surface area contributed by atoms with E-state index in [9.17, 15) is 4.79 Å². The highest BCUT2D eigenvalue weighted by molar-refractivity contribution is 6.33. The second-order valence-electron chi connectivity index (χ2n) is 9.80. The van der Waals surface area contributed by atoms with E-state index >= 15 is 0 Å². The minimum absolute atomic E-state index is 0.0660. The maximum Gasteiger partial charge on any atom is 0.254 e. The highest BCUT2D eigenvalue weighted by Crippen LogP contribution is 2.30. The van der Waals surface area contributed by atoms with E-state index in [1.807, 2.05) is 72.5 Å². The van der Waals surface area contributed by atoms with Crippen LogP contribution in [0.15, 0.2) is 65.1 Å². The maximum absolute atomic E-state index is 13.6. The number of benzene rings is 2. The van der Waals surface area contributed by atoms with Gasteiger partial charge in [0.05, 0.1) is 11.6 Å². The van der Waals surface area contributed by atoms with Gasteiger partial charge in [0.15, 0.2) is 0 Å². The van der Waals surface area contributed by atoms with Gasteiger partial charge in [-0.05, 0) is 75.0 Å². The number of carbonyl (C=O) groups excluding carboxylic acids is 1. The van der Waals surface area contributed by atoms with Gasteiger partial charge < -0.3 is 14.2 Å². The van der Waals surface area contributed by atoms with Gasteiger partial charge in [0.25, 0.3) is 5.91 Å². The van der Waals surface area contributed by atoms with Crippen molar-refractivity contribution in [2.24, 2.45) is 5.92 Å². The number of rotatable bonds is 8. The largest absolute Gasteiger partial charge is 0.459 e. The summed E-state index contributed by atoms with van der Waals surface area (Å²) in [6, 6.07) is 19.6. The third-order valence-corrected chi connectivity index (χ3v) is 7.04. The summed E-state index contributed by atoms with van der Waals surface area (Å²) in [7, 11) is 0. The average molecular weight is 479 g/mol. The van der Waals surface area contributed by atoms with Crippen molar-refractivity contribution in [2.75, 3.05) is 19.6 Å². The summed E-state index contributed by atoms with van der Waals surface area (Å²) in [6.45, 7) is 10.2. The van der Waals surface area contributed by atoms with Crippen LogP contribution in [0.25, 0.3) is 11.3 Å². The summed E-state index contributed by atoms with van der Waals surface area (Å²) in [5.41, 5.74) is 2.74. The van der Waals surface area contributed by atoms with E-state index in [1.54, 1.807) is 0 Å². The van der Waals surface area contributed by atoms with Gasteiger partial charge in [0.2, 0.25) is 0 Å². The van der Waals surface area contributed by atoms with Crippen LogP contribution in [0.1, 0.15) is 54.8 Å². The summed E-state index contributed by atoms with van der Waals surface area (Å²) in [4.78, 5) is 18.2. The molecule has 1 amide bonds. The van der Waals surface area contributed by atoms with E-state index in [4.69, 9.17) is 16.0 Å². The summed E-state index contributed by atoms with van der Waals surface area (Å²) in [5.74, 6) is 2.28. The van der Waals surface area contributed by atoms with Crippen LogP contribution < -0.4 is 0 Å². The number of amides is 1. The lowest BCUT2D eigenvalue weighted by atomic mass is 10.0. The Labute approximate surface area is 208 Å². The van der Waals surface area contributed by atoms with Gasteiger partial charge in [-0.2, -0.15) is 0 Å². The molecule has 0 unspecified atom stereocenters. The molecule has 0 spiro atoms. The van der Waals surface area contributed by atoms with Crippen molar-refractivity contribution in [3.05, 3.63) is 82.6 Å². The predicted octanol–water partition coefficient (Wildman–Crippen LogP) is 7.06. The van der Waals surface area contributed by atoms with Crippen molar-refractivity contribution in [1.29, 1.82) is 0 Å². The number of carbonyl (C=O) groups is 1. The Morgan fingerprint density at radius 1 is 1.06 bits per heavy atom. The minimum atomic E-state index is 0.0660. The highest BCUT2D eigenvalue weighted by atomic mass is 35.5. The summed E-state index contributed by atoms with van der Waals surface area (Å²) in [6.07, 6.45) is 3.18. The molecule has 5 heteroatoms. The SMILES string of the molecule is Cc1ccc(C(=O)N(Cc2ccc(-c3ccccc3Cl)o2)C2CCN(CCC(C)C)CC2)cc1. The molecule has 1 fully saturated rings. The fourth-order valence-corrected chi connectivity index (χ4v) is 4.79. The molecule has 2 heterocycles. The van der Waals surface area contributed by atoms with Crippen LogP contribution in [0.5, 0.6) is 0 Å². The summed E-state index contributed by atoms with van der Waals surface area (Å²) >= 11 is 6.37. The molecule has 4 rings (SSSR count). The van der Waals surface area contributed by atoms with Crippen LogP contribution in [0.4, 0.5) is 0 Å². The second-order valence-corrected chi connectivity index (χ2v) is 10.2. The van der Waals surface area contributed by atoms with Gasteiger partial charge in [-0.15, -0.1) is 0 Å². The molecule has 0 bridgehead atoms. The van der Waals surface area contributed by atoms with E-state index in [0.29, 0.717) is 17.5 Å². The third kappa shape index (κ3) is 6.11. The van der Waals surface area contributed by atoms with Crippen molar-refractivity contribution in [1.82, 2.24) is 9.80 Å². The van der Waals surface area contributed by atoms with Gasteiger partial charge in [0.1, 0.15) is 11.5 Å². The Hall–Kier alpha value is -2.56. The fourth-order valence-electron chi connectivity index (χ4n) is 4.56. The molecule has 0 atom stereocenters. The Morgan fingerprint density at radius 2 is 1.76 bits per heavy atom. The van der Waals surface area contributed by atoms with Crippen LogP contribution in [-0.4, -0.2) is 41.4 Å². The van der Waals surface area contributed by atoms with Crippen LogP contribution in [0, 0.1) is 12.8 Å². The van der Waals surface area contributed by atoms with E-state index in [2.05, 4.69) is 18.7 Å². The number of hydrogen-bond donors (Lipinski definition) is 0. The summed E-state index contributed by atoms with van der Waals surface area (Å²) < 4.78 is 6.17. The Bertz CT molecular complexity index is 1080. The van der Waals surface area contributed by atoms with Crippen molar-refractivity contribution in [2.45, 2.75) is 52.6 Å². The van der Waals surface area contributed by atoms with Crippen molar-refractivity contribution in [3.8, 4) is 11.3 Å². The average Bonchev–Trinajstić information content (AvgIpc) is 3.30. The molecule has 0 N–H and O–H groups in total. The first-order valence-corrected chi connectivity index (χ1v) is 12.7. The van der Waals surface area contributed by atoms with Crippen molar-refractivity contribution >= 4 is 17.5 Å². The van der Waals surface area contributed by atoms with Crippen molar-refractivity contribution in [3.63, 3.8) is 0 Å². The molecular weight excluding hydrogens is 444 g/mol. The van der Waals surface area contributed by atoms with E-state index in [0.717, 1.165) is 60.7 Å². The van der Waals surface area contributed by atoms with Crippen LogP contribution in [0.2, 0.25) is 5.02 Å².